The summed E-state index contributed by atoms with van der Waals surface area (Å²) in [5, 5.41) is 19.4. The van der Waals surface area contributed by atoms with Crippen LogP contribution in [0.15, 0.2) is 54.2 Å². The normalized spacial score (nSPS) is 8.61. The molecule has 0 spiro atoms. The standard InChI is InChI=1S/C10H7N3S.C7H6BrNO.C3H4N2S.BrH/c11-5-4-10-13-9(7-14-10)8-3-1-2-6-12-8;8-5-7(10)6-3-1-2-4-9-6;4-2-1-3(5)6;/h1-3,6-7H,4H2;1-4H,5H2;1H2,(H2,5,6);1H. The van der Waals surface area contributed by atoms with Gasteiger partial charge in [-0.1, -0.05) is 40.3 Å². The number of aromatic nitrogens is 3. The molecule has 3 aromatic rings. The van der Waals surface area contributed by atoms with E-state index in [1.807, 2.05) is 23.6 Å². The SMILES string of the molecule is Br.N#CCC(N)=S.N#CCc1nc(-c2ccccn2)cs1.O=C(CBr)c1ccccn1. The Labute approximate surface area is 208 Å². The fraction of sp³-hybridized carbons (Fsp3) is 0.150. The zero-order valence-electron chi connectivity index (χ0n) is 16.1. The number of thiazole rings is 1. The Morgan fingerprint density at radius 2 is 1.77 bits per heavy atom. The molecular formula is C20H18Br2N6OS2. The molecule has 0 saturated heterocycles. The monoisotopic (exact) mass is 580 g/mol. The highest BCUT2D eigenvalue weighted by Gasteiger charge is 2.04. The number of carbonyl (C=O) groups excluding carboxylic acids is 1. The largest absolute Gasteiger partial charge is 0.392 e. The summed E-state index contributed by atoms with van der Waals surface area (Å²) in [5.74, 6) is 0.0144. The summed E-state index contributed by atoms with van der Waals surface area (Å²) in [7, 11) is 0. The third-order valence-corrected chi connectivity index (χ3v) is 4.54. The van der Waals surface area contributed by atoms with Crippen LogP contribution in [0.3, 0.4) is 0 Å². The Hall–Kier alpha value is -2.57. The van der Waals surface area contributed by atoms with Gasteiger partial charge in [-0.3, -0.25) is 14.8 Å². The maximum Gasteiger partial charge on any atom is 0.191 e. The summed E-state index contributed by atoms with van der Waals surface area (Å²) in [6.45, 7) is 0. The molecule has 0 bridgehead atoms. The number of nitrogens with two attached hydrogens (primary N) is 1. The fourth-order valence-electron chi connectivity index (χ4n) is 1.77. The molecule has 0 unspecified atom stereocenters. The number of thiocarbonyl (C=S) groups is 1. The maximum atomic E-state index is 10.9. The lowest BCUT2D eigenvalue weighted by atomic mass is 10.3. The molecule has 11 heteroatoms. The zero-order chi connectivity index (χ0) is 22.2. The van der Waals surface area contributed by atoms with Gasteiger partial charge in [0.1, 0.15) is 10.7 Å². The maximum absolute atomic E-state index is 10.9. The molecule has 3 aromatic heterocycles. The highest BCUT2D eigenvalue weighted by atomic mass is 79.9. The van der Waals surface area contributed by atoms with Crippen LogP contribution in [0.25, 0.3) is 11.4 Å². The van der Waals surface area contributed by atoms with Crippen LogP contribution in [0.5, 0.6) is 0 Å². The van der Waals surface area contributed by atoms with Crippen molar-refractivity contribution < 1.29 is 4.79 Å². The van der Waals surface area contributed by atoms with Crippen molar-refractivity contribution in [1.29, 1.82) is 10.5 Å². The van der Waals surface area contributed by atoms with E-state index in [1.165, 1.54) is 11.3 Å². The summed E-state index contributed by atoms with van der Waals surface area (Å²) >= 11 is 8.91. The van der Waals surface area contributed by atoms with Gasteiger partial charge in [0.2, 0.25) is 0 Å². The van der Waals surface area contributed by atoms with Gasteiger partial charge in [-0.2, -0.15) is 10.5 Å². The van der Waals surface area contributed by atoms with E-state index in [0.29, 0.717) is 17.4 Å². The Morgan fingerprint density at radius 1 is 1.10 bits per heavy atom. The van der Waals surface area contributed by atoms with E-state index in [4.69, 9.17) is 16.3 Å². The Morgan fingerprint density at radius 3 is 2.23 bits per heavy atom. The van der Waals surface area contributed by atoms with Crippen LogP contribution in [-0.4, -0.2) is 31.1 Å². The number of Topliss-reactive ketones (excluding diaryl/α,β-unsaturated/α-hetero) is 1. The van der Waals surface area contributed by atoms with Gasteiger partial charge in [-0.15, -0.1) is 28.3 Å². The van der Waals surface area contributed by atoms with E-state index < -0.39 is 0 Å². The second-order valence-electron chi connectivity index (χ2n) is 5.25. The number of hydrogen-bond donors (Lipinski definition) is 1. The first-order valence-corrected chi connectivity index (χ1v) is 10.8. The highest BCUT2D eigenvalue weighted by Crippen LogP contribution is 2.19. The summed E-state index contributed by atoms with van der Waals surface area (Å²) in [6, 6.07) is 14.8. The van der Waals surface area contributed by atoms with Crippen LogP contribution in [-0.2, 0) is 6.42 Å². The number of alkyl halides is 1. The molecule has 0 saturated carbocycles. The summed E-state index contributed by atoms with van der Waals surface area (Å²) in [6.07, 6.45) is 3.90. The minimum Gasteiger partial charge on any atom is -0.392 e. The van der Waals surface area contributed by atoms with Crippen molar-refractivity contribution in [3.05, 3.63) is 64.9 Å². The molecule has 0 atom stereocenters. The van der Waals surface area contributed by atoms with Crippen molar-refractivity contribution in [2.45, 2.75) is 12.8 Å². The van der Waals surface area contributed by atoms with Crippen LogP contribution in [0.4, 0.5) is 0 Å². The smallest absolute Gasteiger partial charge is 0.191 e. The minimum atomic E-state index is 0. The van der Waals surface area contributed by atoms with Crippen LogP contribution < -0.4 is 5.73 Å². The number of nitriles is 2. The van der Waals surface area contributed by atoms with E-state index >= 15 is 0 Å². The van der Waals surface area contributed by atoms with Crippen molar-refractivity contribution >= 4 is 67.2 Å². The summed E-state index contributed by atoms with van der Waals surface area (Å²) in [4.78, 5) is 23.5. The molecule has 0 aliphatic rings. The van der Waals surface area contributed by atoms with E-state index in [9.17, 15) is 4.79 Å². The van der Waals surface area contributed by atoms with E-state index in [0.717, 1.165) is 16.4 Å². The van der Waals surface area contributed by atoms with Crippen LogP contribution in [0, 0.1) is 22.7 Å². The number of carbonyl (C=O) groups is 1. The fourth-order valence-corrected chi connectivity index (χ4v) is 2.84. The molecule has 7 nitrogen and oxygen atoms in total. The number of rotatable bonds is 5. The number of nitrogens with zero attached hydrogens (tertiary/aromatic N) is 5. The lowest BCUT2D eigenvalue weighted by Crippen LogP contribution is -2.04. The Bertz CT molecular complexity index is 1020. The average molecular weight is 582 g/mol. The van der Waals surface area contributed by atoms with Crippen LogP contribution in [0.2, 0.25) is 0 Å². The number of halogens is 2. The molecule has 3 rings (SSSR count). The first-order chi connectivity index (χ1) is 14.5. The average Bonchev–Trinajstić information content (AvgIpc) is 3.24. The quantitative estimate of drug-likeness (QED) is 0.261. The molecule has 0 aliphatic carbocycles. The van der Waals surface area contributed by atoms with Gasteiger partial charge in [0, 0.05) is 17.8 Å². The van der Waals surface area contributed by atoms with Gasteiger partial charge >= 0.3 is 0 Å². The van der Waals surface area contributed by atoms with Crippen LogP contribution in [0.1, 0.15) is 21.9 Å². The van der Waals surface area contributed by atoms with Gasteiger partial charge in [0.05, 0.1) is 46.7 Å². The van der Waals surface area contributed by atoms with Gasteiger partial charge in [-0.05, 0) is 24.3 Å². The predicted molar refractivity (Wildman–Crippen MR) is 134 cm³/mol. The molecule has 0 aliphatic heterocycles. The molecule has 0 aromatic carbocycles. The Kier molecular flexibility index (Phi) is 15.7. The van der Waals surface area contributed by atoms with E-state index in [2.05, 4.69) is 49.2 Å². The van der Waals surface area contributed by atoms with Crippen molar-refractivity contribution in [3.63, 3.8) is 0 Å². The first-order valence-electron chi connectivity index (χ1n) is 8.40. The van der Waals surface area contributed by atoms with Crippen molar-refractivity contribution in [2.75, 3.05) is 5.33 Å². The molecular weight excluding hydrogens is 564 g/mol. The van der Waals surface area contributed by atoms with Gasteiger partial charge < -0.3 is 5.73 Å². The van der Waals surface area contributed by atoms with Gasteiger partial charge in [0.25, 0.3) is 0 Å². The van der Waals surface area contributed by atoms with Crippen molar-refractivity contribution in [2.24, 2.45) is 5.73 Å². The second kappa shape index (κ2) is 17.1. The topological polar surface area (TPSA) is 129 Å². The van der Waals surface area contributed by atoms with Gasteiger partial charge in [0.15, 0.2) is 5.78 Å². The summed E-state index contributed by atoms with van der Waals surface area (Å²) in [5.41, 5.74) is 7.13. The van der Waals surface area contributed by atoms with Crippen molar-refractivity contribution in [3.8, 4) is 23.5 Å². The molecule has 31 heavy (non-hydrogen) atoms. The van der Waals surface area contributed by atoms with Gasteiger partial charge in [-0.25, -0.2) is 4.98 Å². The minimum absolute atomic E-state index is 0. The second-order valence-corrected chi connectivity index (χ2v) is 7.28. The third kappa shape index (κ3) is 12.0. The van der Waals surface area contributed by atoms with Crippen LogP contribution >= 0.6 is 56.5 Å². The molecule has 0 radical (unpaired) electrons. The molecule has 0 amide bonds. The van der Waals surface area contributed by atoms with Crippen molar-refractivity contribution in [1.82, 2.24) is 15.0 Å². The molecule has 3 heterocycles. The lowest BCUT2D eigenvalue weighted by Gasteiger charge is -1.92. The number of hydrogen-bond acceptors (Lipinski definition) is 8. The highest BCUT2D eigenvalue weighted by molar-refractivity contribution is 9.09. The van der Waals surface area contributed by atoms with E-state index in [1.54, 1.807) is 36.7 Å². The summed E-state index contributed by atoms with van der Waals surface area (Å²) < 4.78 is 0. The number of pyridine rings is 2. The molecule has 160 valence electrons. The Balaban J connectivity index is 0.000000468. The molecule has 2 N–H and O–H groups in total. The first kappa shape index (κ1) is 28.4. The molecule has 0 fully saturated rings. The van der Waals surface area contributed by atoms with E-state index in [-0.39, 0.29) is 34.2 Å². The predicted octanol–water partition coefficient (Wildman–Crippen LogP) is 4.69. The lowest BCUT2D eigenvalue weighted by molar-refractivity contribution is 0.101. The zero-order valence-corrected chi connectivity index (χ0v) is 21.1. The third-order valence-electron chi connectivity index (χ3n) is 3.03. The number of ketones is 1.